The number of hydrogen-bond acceptors (Lipinski definition) is 5. The number of nitrogens with zero attached hydrogens (tertiary/aromatic N) is 2. The molecule has 2 aromatic carbocycles. The van der Waals surface area contributed by atoms with Crippen molar-refractivity contribution in [2.45, 2.75) is 32.2 Å². The minimum Gasteiger partial charge on any atom is -0.426 e. The van der Waals surface area contributed by atoms with Crippen molar-refractivity contribution in [1.82, 2.24) is 4.90 Å². The van der Waals surface area contributed by atoms with Crippen LogP contribution in [0.2, 0.25) is 0 Å². The molecule has 5 atom stereocenters. The Kier molecular flexibility index (Phi) is 5.01. The Labute approximate surface area is 197 Å². The fraction of sp³-hybridized carbons (Fsp3) is 0.407. The largest absolute Gasteiger partial charge is 0.426 e. The molecule has 2 heterocycles. The normalized spacial score (nSPS) is 29.8. The fourth-order valence-electron chi connectivity index (χ4n) is 6.44. The molecule has 2 aliphatic heterocycles. The molecule has 7 heteroatoms. The van der Waals surface area contributed by atoms with E-state index in [-0.39, 0.29) is 41.7 Å². The summed E-state index contributed by atoms with van der Waals surface area (Å²) in [5.74, 6) is -0.833. The zero-order valence-electron chi connectivity index (χ0n) is 18.8. The molecule has 34 heavy (non-hydrogen) atoms. The van der Waals surface area contributed by atoms with Gasteiger partial charge in [0.05, 0.1) is 23.4 Å². The van der Waals surface area contributed by atoms with Gasteiger partial charge in [-0.2, -0.15) is 0 Å². The van der Waals surface area contributed by atoms with E-state index in [1.54, 1.807) is 29.2 Å². The van der Waals surface area contributed by atoms with Gasteiger partial charge in [0.15, 0.2) is 0 Å². The molecule has 3 amide bonds. The molecule has 2 aromatic rings. The summed E-state index contributed by atoms with van der Waals surface area (Å²) >= 11 is 0. The van der Waals surface area contributed by atoms with Crippen LogP contribution in [0.1, 0.15) is 31.2 Å². The molecule has 4 aliphatic rings. The Balaban J connectivity index is 1.14. The summed E-state index contributed by atoms with van der Waals surface area (Å²) in [4.78, 5) is 54.4. The summed E-state index contributed by atoms with van der Waals surface area (Å²) in [5, 5.41) is 0. The number of imide groups is 1. The second kappa shape index (κ2) is 8.08. The number of benzene rings is 2. The summed E-state index contributed by atoms with van der Waals surface area (Å²) in [6.45, 7) is 0.768. The van der Waals surface area contributed by atoms with E-state index in [1.165, 1.54) is 4.90 Å². The number of rotatable bonds is 5. The number of likely N-dealkylation sites (tertiary alicyclic amines) is 1. The van der Waals surface area contributed by atoms with Gasteiger partial charge in [-0.05, 0) is 48.8 Å². The molecular weight excluding hydrogens is 432 g/mol. The highest BCUT2D eigenvalue weighted by Crippen LogP contribution is 2.56. The number of carbonyl (C=O) groups excluding carboxylic acids is 4. The van der Waals surface area contributed by atoms with E-state index >= 15 is 0 Å². The highest BCUT2D eigenvalue weighted by molar-refractivity contribution is 6.22. The van der Waals surface area contributed by atoms with Gasteiger partial charge in [-0.25, -0.2) is 4.90 Å². The zero-order valence-corrected chi connectivity index (χ0v) is 18.8. The first-order valence-electron chi connectivity index (χ1n) is 12.0. The van der Waals surface area contributed by atoms with Crippen LogP contribution in [-0.2, 0) is 25.7 Å². The first-order chi connectivity index (χ1) is 16.5. The number of amides is 3. The first kappa shape index (κ1) is 21.1. The van der Waals surface area contributed by atoms with Crippen LogP contribution < -0.4 is 9.64 Å². The van der Waals surface area contributed by atoms with Crippen molar-refractivity contribution >= 4 is 29.4 Å². The molecular formula is C27H26N2O5. The fourth-order valence-corrected chi connectivity index (χ4v) is 6.44. The Morgan fingerprint density at radius 1 is 0.912 bits per heavy atom. The molecule has 0 spiro atoms. The third-order valence-corrected chi connectivity index (χ3v) is 7.99. The summed E-state index contributed by atoms with van der Waals surface area (Å²) in [6, 6.07) is 16.3. The SMILES string of the molecule is O=C(Oc1cccc(N2C(=O)C3C4CCC(C4)C3C2=O)c1)C1CC(=O)N(Cc2ccccc2)C1. The summed E-state index contributed by atoms with van der Waals surface area (Å²) in [6.07, 6.45) is 3.15. The highest BCUT2D eigenvalue weighted by Gasteiger charge is 2.61. The first-order valence-corrected chi connectivity index (χ1v) is 12.0. The molecule has 0 radical (unpaired) electrons. The molecule has 7 nitrogen and oxygen atoms in total. The van der Waals surface area contributed by atoms with E-state index in [0.717, 1.165) is 24.8 Å². The van der Waals surface area contributed by atoms with Crippen molar-refractivity contribution in [3.8, 4) is 5.75 Å². The molecule has 2 bridgehead atoms. The van der Waals surface area contributed by atoms with Gasteiger partial charge in [-0.15, -0.1) is 0 Å². The molecule has 5 unspecified atom stereocenters. The summed E-state index contributed by atoms with van der Waals surface area (Å²) < 4.78 is 5.60. The van der Waals surface area contributed by atoms with Gasteiger partial charge < -0.3 is 9.64 Å². The predicted octanol–water partition coefficient (Wildman–Crippen LogP) is 3.18. The van der Waals surface area contributed by atoms with Crippen molar-refractivity contribution in [2.75, 3.05) is 11.4 Å². The quantitative estimate of drug-likeness (QED) is 0.390. The number of fused-ring (bicyclic) bond motifs is 5. The number of ether oxygens (including phenoxy) is 1. The van der Waals surface area contributed by atoms with Gasteiger partial charge in [0.25, 0.3) is 0 Å². The van der Waals surface area contributed by atoms with Gasteiger partial charge in [0.2, 0.25) is 17.7 Å². The van der Waals surface area contributed by atoms with Crippen molar-refractivity contribution in [2.24, 2.45) is 29.6 Å². The lowest BCUT2D eigenvalue weighted by atomic mass is 9.81. The minimum atomic E-state index is -0.551. The van der Waals surface area contributed by atoms with Crippen LogP contribution in [0, 0.1) is 29.6 Å². The van der Waals surface area contributed by atoms with Crippen LogP contribution in [0.15, 0.2) is 54.6 Å². The molecule has 0 N–H and O–H groups in total. The van der Waals surface area contributed by atoms with Crippen LogP contribution in [0.3, 0.4) is 0 Å². The lowest BCUT2D eigenvalue weighted by molar-refractivity contribution is -0.139. The average molecular weight is 459 g/mol. The highest BCUT2D eigenvalue weighted by atomic mass is 16.5. The molecule has 2 saturated heterocycles. The summed E-state index contributed by atoms with van der Waals surface area (Å²) in [7, 11) is 0. The summed E-state index contributed by atoms with van der Waals surface area (Å²) in [5.41, 5.74) is 1.46. The van der Waals surface area contributed by atoms with Gasteiger partial charge in [0, 0.05) is 25.6 Å². The Hall–Kier alpha value is -3.48. The number of carbonyl (C=O) groups is 4. The van der Waals surface area contributed by atoms with E-state index < -0.39 is 11.9 Å². The van der Waals surface area contributed by atoms with Crippen LogP contribution in [0.5, 0.6) is 5.75 Å². The second-order valence-corrected chi connectivity index (χ2v) is 9.98. The van der Waals surface area contributed by atoms with E-state index in [4.69, 9.17) is 4.74 Å². The number of esters is 1. The van der Waals surface area contributed by atoms with Crippen molar-refractivity contribution < 1.29 is 23.9 Å². The smallest absolute Gasteiger partial charge is 0.316 e. The Morgan fingerprint density at radius 2 is 1.62 bits per heavy atom. The van der Waals surface area contributed by atoms with E-state index in [0.29, 0.717) is 30.6 Å². The van der Waals surface area contributed by atoms with Crippen LogP contribution in [0.25, 0.3) is 0 Å². The van der Waals surface area contributed by atoms with Gasteiger partial charge in [-0.3, -0.25) is 19.2 Å². The van der Waals surface area contributed by atoms with E-state index in [9.17, 15) is 19.2 Å². The van der Waals surface area contributed by atoms with Crippen LogP contribution in [-0.4, -0.2) is 35.1 Å². The standard InChI is InChI=1S/C27H26N2O5/c30-22-12-19(15-28(22)14-16-5-2-1-3-6-16)27(33)34-21-8-4-7-20(13-21)29-25(31)23-17-9-10-18(11-17)24(23)26(29)32/h1-8,13,17-19,23-24H,9-12,14-15H2. The third-order valence-electron chi connectivity index (χ3n) is 7.99. The second-order valence-electron chi connectivity index (χ2n) is 9.98. The van der Waals surface area contributed by atoms with E-state index in [2.05, 4.69) is 0 Å². The molecule has 0 aromatic heterocycles. The maximum absolute atomic E-state index is 13.1. The lowest BCUT2D eigenvalue weighted by Crippen LogP contribution is -2.32. The van der Waals surface area contributed by atoms with Crippen molar-refractivity contribution in [3.63, 3.8) is 0 Å². The monoisotopic (exact) mass is 458 g/mol. The molecule has 2 aliphatic carbocycles. The molecule has 6 rings (SSSR count). The zero-order chi connectivity index (χ0) is 23.4. The molecule has 4 fully saturated rings. The van der Waals surface area contributed by atoms with Gasteiger partial charge in [0.1, 0.15) is 5.75 Å². The maximum Gasteiger partial charge on any atom is 0.316 e. The van der Waals surface area contributed by atoms with Gasteiger partial charge >= 0.3 is 5.97 Å². The Bertz CT molecular complexity index is 1150. The van der Waals surface area contributed by atoms with Gasteiger partial charge in [-0.1, -0.05) is 36.4 Å². The van der Waals surface area contributed by atoms with Crippen LogP contribution >= 0.6 is 0 Å². The van der Waals surface area contributed by atoms with Crippen LogP contribution in [0.4, 0.5) is 5.69 Å². The molecule has 2 saturated carbocycles. The third kappa shape index (κ3) is 3.42. The molecule has 174 valence electrons. The predicted molar refractivity (Wildman–Crippen MR) is 122 cm³/mol. The van der Waals surface area contributed by atoms with Crippen molar-refractivity contribution in [1.29, 1.82) is 0 Å². The lowest BCUT2D eigenvalue weighted by Gasteiger charge is -2.19. The average Bonchev–Trinajstić information content (AvgIpc) is 3.59. The minimum absolute atomic E-state index is 0.0750. The number of anilines is 1. The van der Waals surface area contributed by atoms with Crippen molar-refractivity contribution in [3.05, 3.63) is 60.2 Å². The van der Waals surface area contributed by atoms with E-state index in [1.807, 2.05) is 30.3 Å². The number of hydrogen-bond donors (Lipinski definition) is 0. The topological polar surface area (TPSA) is 84.0 Å². The Morgan fingerprint density at radius 3 is 2.32 bits per heavy atom. The maximum atomic E-state index is 13.1.